The molecule has 0 aliphatic heterocycles. The summed E-state index contributed by atoms with van der Waals surface area (Å²) >= 11 is 0. The van der Waals surface area contributed by atoms with Gasteiger partial charge < -0.3 is 4.74 Å². The molecule has 5 heteroatoms. The van der Waals surface area contributed by atoms with Crippen LogP contribution in [0.15, 0.2) is 23.1 Å². The number of rotatable bonds is 5. The first-order chi connectivity index (χ1) is 8.38. The van der Waals surface area contributed by atoms with Crippen LogP contribution in [-0.2, 0) is 9.05 Å². The van der Waals surface area contributed by atoms with E-state index < -0.39 is 9.05 Å². The van der Waals surface area contributed by atoms with Crippen molar-refractivity contribution in [3.05, 3.63) is 23.8 Å². The largest absolute Gasteiger partial charge is 0.493 e. The van der Waals surface area contributed by atoms with Gasteiger partial charge in [-0.3, -0.25) is 0 Å². The highest BCUT2D eigenvalue weighted by atomic mass is 35.7. The van der Waals surface area contributed by atoms with E-state index in [0.29, 0.717) is 12.5 Å². The van der Waals surface area contributed by atoms with E-state index in [1.165, 1.54) is 18.9 Å². The third-order valence-electron chi connectivity index (χ3n) is 3.06. The maximum Gasteiger partial charge on any atom is 0.261 e. The van der Waals surface area contributed by atoms with Crippen LogP contribution in [0, 0.1) is 5.92 Å². The molecule has 0 bridgehead atoms. The predicted octanol–water partition coefficient (Wildman–Crippen LogP) is 3.53. The van der Waals surface area contributed by atoms with E-state index in [-0.39, 0.29) is 10.8 Å². The van der Waals surface area contributed by atoms with E-state index in [1.54, 1.807) is 12.1 Å². The standard InChI is InChI=1S/C13H17ClO3S/c1-9(2)12-7-11(18(14,15)16)5-6-13(12)17-8-10-3-4-10/h5-7,9-10H,3-4,8H2,1-2H3. The molecule has 0 amide bonds. The summed E-state index contributed by atoms with van der Waals surface area (Å²) in [6.45, 7) is 4.72. The molecule has 1 aromatic rings. The summed E-state index contributed by atoms with van der Waals surface area (Å²) in [5, 5.41) is 0. The number of hydrogen-bond donors (Lipinski definition) is 0. The van der Waals surface area contributed by atoms with Crippen LogP contribution in [0.2, 0.25) is 0 Å². The van der Waals surface area contributed by atoms with Crippen molar-refractivity contribution in [2.45, 2.75) is 37.5 Å². The molecule has 1 fully saturated rings. The van der Waals surface area contributed by atoms with Gasteiger partial charge in [-0.15, -0.1) is 0 Å². The normalized spacial score (nSPS) is 16.0. The van der Waals surface area contributed by atoms with Crippen molar-refractivity contribution in [3.63, 3.8) is 0 Å². The van der Waals surface area contributed by atoms with Crippen molar-refractivity contribution in [3.8, 4) is 5.75 Å². The lowest BCUT2D eigenvalue weighted by Gasteiger charge is -2.14. The maximum atomic E-state index is 11.3. The second-order valence-corrected chi connectivity index (χ2v) is 7.61. The van der Waals surface area contributed by atoms with Gasteiger partial charge in [0.05, 0.1) is 11.5 Å². The minimum absolute atomic E-state index is 0.131. The Morgan fingerprint density at radius 3 is 2.56 bits per heavy atom. The fourth-order valence-electron chi connectivity index (χ4n) is 1.75. The first-order valence-corrected chi connectivity index (χ1v) is 8.40. The SMILES string of the molecule is CC(C)c1cc(S(=O)(=O)Cl)ccc1OCC1CC1. The monoisotopic (exact) mass is 288 g/mol. The number of benzene rings is 1. The van der Waals surface area contributed by atoms with Gasteiger partial charge in [-0.25, -0.2) is 8.42 Å². The molecule has 0 unspecified atom stereocenters. The van der Waals surface area contributed by atoms with E-state index >= 15 is 0 Å². The fourth-order valence-corrected chi connectivity index (χ4v) is 2.54. The van der Waals surface area contributed by atoms with E-state index in [4.69, 9.17) is 15.4 Å². The Labute approximate surface area is 113 Å². The molecule has 1 saturated carbocycles. The number of hydrogen-bond acceptors (Lipinski definition) is 3. The zero-order valence-electron chi connectivity index (χ0n) is 10.5. The Hall–Kier alpha value is -0.740. The lowest BCUT2D eigenvalue weighted by molar-refractivity contribution is 0.295. The van der Waals surface area contributed by atoms with E-state index in [0.717, 1.165) is 11.3 Å². The fraction of sp³-hybridized carbons (Fsp3) is 0.538. The van der Waals surface area contributed by atoms with Gasteiger partial charge in [0.1, 0.15) is 5.75 Å². The van der Waals surface area contributed by atoms with Gasteiger partial charge in [-0.1, -0.05) is 13.8 Å². The summed E-state index contributed by atoms with van der Waals surface area (Å²) in [4.78, 5) is 0.131. The third kappa shape index (κ3) is 3.39. The van der Waals surface area contributed by atoms with Crippen LogP contribution >= 0.6 is 10.7 Å². The zero-order chi connectivity index (χ0) is 13.3. The molecule has 0 heterocycles. The van der Waals surface area contributed by atoms with Gasteiger partial charge >= 0.3 is 0 Å². The predicted molar refractivity (Wildman–Crippen MR) is 71.8 cm³/mol. The summed E-state index contributed by atoms with van der Waals surface area (Å²) in [5.74, 6) is 1.62. The van der Waals surface area contributed by atoms with Crippen molar-refractivity contribution in [2.75, 3.05) is 6.61 Å². The molecule has 3 nitrogen and oxygen atoms in total. The molecular formula is C13H17ClO3S. The highest BCUT2D eigenvalue weighted by Crippen LogP contribution is 2.33. The molecule has 1 aliphatic carbocycles. The Kier molecular flexibility index (Phi) is 3.87. The minimum Gasteiger partial charge on any atom is -0.493 e. The van der Waals surface area contributed by atoms with Gasteiger partial charge in [0, 0.05) is 10.7 Å². The number of halogens is 1. The van der Waals surface area contributed by atoms with E-state index in [1.807, 2.05) is 13.8 Å². The Morgan fingerprint density at radius 1 is 1.39 bits per heavy atom. The van der Waals surface area contributed by atoms with Crippen molar-refractivity contribution < 1.29 is 13.2 Å². The first kappa shape index (κ1) is 13.7. The summed E-state index contributed by atoms with van der Waals surface area (Å²) in [5.41, 5.74) is 0.886. The number of ether oxygens (including phenoxy) is 1. The van der Waals surface area contributed by atoms with Crippen LogP contribution in [-0.4, -0.2) is 15.0 Å². The Bertz CT molecular complexity index is 533. The van der Waals surface area contributed by atoms with Crippen LogP contribution in [0.4, 0.5) is 0 Å². The molecule has 0 aromatic heterocycles. The highest BCUT2D eigenvalue weighted by Gasteiger charge is 2.23. The van der Waals surface area contributed by atoms with Crippen LogP contribution in [0.1, 0.15) is 38.2 Å². The quantitative estimate of drug-likeness (QED) is 0.779. The summed E-state index contributed by atoms with van der Waals surface area (Å²) < 4.78 is 28.4. The van der Waals surface area contributed by atoms with Gasteiger partial charge in [0.25, 0.3) is 9.05 Å². The average molecular weight is 289 g/mol. The summed E-state index contributed by atoms with van der Waals surface area (Å²) in [6.07, 6.45) is 2.45. The summed E-state index contributed by atoms with van der Waals surface area (Å²) in [6, 6.07) is 4.80. The van der Waals surface area contributed by atoms with E-state index in [2.05, 4.69) is 0 Å². The van der Waals surface area contributed by atoms with Gasteiger partial charge in [-0.05, 0) is 48.4 Å². The van der Waals surface area contributed by atoms with Gasteiger partial charge in [0.2, 0.25) is 0 Å². The molecule has 0 saturated heterocycles. The zero-order valence-corrected chi connectivity index (χ0v) is 12.1. The molecule has 1 aromatic carbocycles. The molecule has 18 heavy (non-hydrogen) atoms. The van der Waals surface area contributed by atoms with E-state index in [9.17, 15) is 8.42 Å². The molecular weight excluding hydrogens is 272 g/mol. The lowest BCUT2D eigenvalue weighted by atomic mass is 10.0. The Balaban J connectivity index is 2.28. The molecule has 0 N–H and O–H groups in total. The van der Waals surface area contributed by atoms with Gasteiger partial charge in [0.15, 0.2) is 0 Å². The molecule has 100 valence electrons. The topological polar surface area (TPSA) is 43.4 Å². The maximum absolute atomic E-state index is 11.3. The van der Waals surface area contributed by atoms with Crippen molar-refractivity contribution in [1.29, 1.82) is 0 Å². The second-order valence-electron chi connectivity index (χ2n) is 5.05. The van der Waals surface area contributed by atoms with Crippen LogP contribution in [0.3, 0.4) is 0 Å². The first-order valence-electron chi connectivity index (χ1n) is 6.09. The molecule has 2 rings (SSSR count). The molecule has 0 atom stereocenters. The molecule has 1 aliphatic rings. The average Bonchev–Trinajstić information content (AvgIpc) is 3.08. The van der Waals surface area contributed by atoms with Crippen LogP contribution in [0.5, 0.6) is 5.75 Å². The van der Waals surface area contributed by atoms with Gasteiger partial charge in [-0.2, -0.15) is 0 Å². The molecule has 0 spiro atoms. The summed E-state index contributed by atoms with van der Waals surface area (Å²) in [7, 11) is 1.68. The lowest BCUT2D eigenvalue weighted by Crippen LogP contribution is -2.04. The second kappa shape index (κ2) is 5.10. The van der Waals surface area contributed by atoms with Crippen molar-refractivity contribution >= 4 is 19.7 Å². The van der Waals surface area contributed by atoms with Crippen LogP contribution in [0.25, 0.3) is 0 Å². The highest BCUT2D eigenvalue weighted by molar-refractivity contribution is 8.13. The smallest absolute Gasteiger partial charge is 0.261 e. The van der Waals surface area contributed by atoms with Crippen molar-refractivity contribution in [2.24, 2.45) is 5.92 Å². The molecule has 0 radical (unpaired) electrons. The minimum atomic E-state index is -3.68. The Morgan fingerprint density at radius 2 is 2.06 bits per heavy atom. The van der Waals surface area contributed by atoms with Crippen molar-refractivity contribution in [1.82, 2.24) is 0 Å². The third-order valence-corrected chi connectivity index (χ3v) is 4.41. The van der Waals surface area contributed by atoms with Crippen LogP contribution < -0.4 is 4.74 Å².